The third kappa shape index (κ3) is 5.13. The smallest absolute Gasteiger partial charge is 0.272 e. The maximum absolute atomic E-state index is 13.1. The first kappa shape index (κ1) is 22.8. The van der Waals surface area contributed by atoms with E-state index in [0.29, 0.717) is 12.1 Å². The van der Waals surface area contributed by atoms with Gasteiger partial charge in [-0.3, -0.25) is 15.1 Å². The Morgan fingerprint density at radius 3 is 2.94 bits per heavy atom. The highest BCUT2D eigenvalue weighted by Gasteiger charge is 2.37. The number of nitrogens with one attached hydrogen (secondary N) is 4. The lowest BCUT2D eigenvalue weighted by Crippen LogP contribution is -2.56. The van der Waals surface area contributed by atoms with Gasteiger partial charge in [0, 0.05) is 25.1 Å². The van der Waals surface area contributed by atoms with E-state index < -0.39 is 6.10 Å². The van der Waals surface area contributed by atoms with E-state index in [4.69, 9.17) is 9.84 Å². The summed E-state index contributed by atoms with van der Waals surface area (Å²) in [5, 5.41) is 30.2. The van der Waals surface area contributed by atoms with Gasteiger partial charge < -0.3 is 25.6 Å². The zero-order valence-electron chi connectivity index (χ0n) is 18.5. The van der Waals surface area contributed by atoms with Crippen molar-refractivity contribution in [1.82, 2.24) is 26.4 Å². The summed E-state index contributed by atoms with van der Waals surface area (Å²) >= 11 is 0. The summed E-state index contributed by atoms with van der Waals surface area (Å²) in [6.45, 7) is 4.51. The lowest BCUT2D eigenvalue weighted by Gasteiger charge is -2.36. The van der Waals surface area contributed by atoms with Gasteiger partial charge in [-0.15, -0.1) is 0 Å². The van der Waals surface area contributed by atoms with Crippen LogP contribution >= 0.6 is 0 Å². The first-order chi connectivity index (χ1) is 15.4. The zero-order valence-corrected chi connectivity index (χ0v) is 18.5. The number of nitrogens with zero attached hydrogens (tertiary/aromatic N) is 1. The monoisotopic (exact) mass is 443 g/mol. The average Bonchev–Trinajstić information content (AvgIpc) is 3.12. The fraction of sp³-hybridized carbons (Fsp3) is 0.522. The van der Waals surface area contributed by atoms with E-state index in [-0.39, 0.29) is 43.6 Å². The Morgan fingerprint density at radius 1 is 1.31 bits per heavy atom. The molecule has 4 rings (SSSR count). The zero-order chi connectivity index (χ0) is 22.7. The first-order valence-corrected chi connectivity index (χ1v) is 11.1. The predicted octanol–water partition coefficient (Wildman–Crippen LogP) is -0.101. The SMILES string of the molecule is CC1=CCNC(NC(=O)C2=C(C)NC3C=CC(C4=CC=CC(OC[C@H](O)CO)C4)NN23)C1. The molecule has 0 aromatic carbocycles. The summed E-state index contributed by atoms with van der Waals surface area (Å²) in [7, 11) is 0. The van der Waals surface area contributed by atoms with Crippen LogP contribution in [0.25, 0.3) is 0 Å². The van der Waals surface area contributed by atoms with Crippen LogP contribution in [0.3, 0.4) is 0 Å². The van der Waals surface area contributed by atoms with Gasteiger partial charge in [0.2, 0.25) is 0 Å². The van der Waals surface area contributed by atoms with Crippen LogP contribution < -0.4 is 21.4 Å². The highest BCUT2D eigenvalue weighted by molar-refractivity contribution is 5.94. The van der Waals surface area contributed by atoms with Crippen LogP contribution in [0.1, 0.15) is 26.7 Å². The maximum Gasteiger partial charge on any atom is 0.272 e. The Bertz CT molecular complexity index is 878. The van der Waals surface area contributed by atoms with E-state index in [1.54, 1.807) is 0 Å². The molecule has 5 atom stereocenters. The second kappa shape index (κ2) is 10.0. The van der Waals surface area contributed by atoms with Gasteiger partial charge in [0.15, 0.2) is 0 Å². The van der Waals surface area contributed by atoms with Crippen molar-refractivity contribution in [3.63, 3.8) is 0 Å². The number of ether oxygens (including phenoxy) is 1. The number of carbonyl (C=O) groups is 1. The first-order valence-electron chi connectivity index (χ1n) is 11.1. The number of hydrogen-bond acceptors (Lipinski definition) is 8. The number of aliphatic hydroxyl groups excluding tert-OH is 2. The van der Waals surface area contributed by atoms with E-state index >= 15 is 0 Å². The Balaban J connectivity index is 1.39. The second-order valence-corrected chi connectivity index (χ2v) is 8.65. The minimum atomic E-state index is -0.881. The third-order valence-electron chi connectivity index (χ3n) is 6.05. The molecule has 6 N–H and O–H groups in total. The van der Waals surface area contributed by atoms with Gasteiger partial charge >= 0.3 is 0 Å². The topological polar surface area (TPSA) is 118 Å². The molecule has 0 fully saturated rings. The molecule has 174 valence electrons. The molecular weight excluding hydrogens is 410 g/mol. The molecule has 0 bridgehead atoms. The number of amides is 1. The Hall–Kier alpha value is -2.43. The molecule has 0 saturated heterocycles. The number of carbonyl (C=O) groups excluding carboxylic acids is 1. The standard InChI is InChI=1S/C23H33N5O4/c1-14-8-9-24-20(10-14)26-23(31)22-15(2)25-21-7-6-19(27-28(21)22)16-4-3-5-18(11-16)32-13-17(30)12-29/h3-8,17-21,24-25,27,29-30H,9-13H2,1-2H3,(H,26,31)/t17-,18?,19?,20?,21?/m1/s1. The molecule has 32 heavy (non-hydrogen) atoms. The van der Waals surface area contributed by atoms with Crippen LogP contribution in [0.2, 0.25) is 0 Å². The summed E-state index contributed by atoms with van der Waals surface area (Å²) in [5.41, 5.74) is 7.27. The van der Waals surface area contributed by atoms with Gasteiger partial charge in [0.05, 0.1) is 31.5 Å². The van der Waals surface area contributed by atoms with Crippen molar-refractivity contribution < 1.29 is 19.7 Å². The molecule has 0 spiro atoms. The minimum Gasteiger partial charge on any atom is -0.394 e. The number of aliphatic hydroxyl groups is 2. The Labute approximate surface area is 188 Å². The highest BCUT2D eigenvalue weighted by atomic mass is 16.5. The molecule has 3 heterocycles. The van der Waals surface area contributed by atoms with E-state index in [0.717, 1.165) is 24.2 Å². The lowest BCUT2D eigenvalue weighted by molar-refractivity contribution is -0.120. The van der Waals surface area contributed by atoms with E-state index in [1.807, 2.05) is 30.2 Å². The molecular formula is C23H33N5O4. The second-order valence-electron chi connectivity index (χ2n) is 8.65. The summed E-state index contributed by atoms with van der Waals surface area (Å²) < 4.78 is 5.71. The minimum absolute atomic E-state index is 0.0821. The van der Waals surface area contributed by atoms with E-state index in [1.165, 1.54) is 5.57 Å². The summed E-state index contributed by atoms with van der Waals surface area (Å²) in [6.07, 6.45) is 12.4. The van der Waals surface area contributed by atoms with Gasteiger partial charge in [0.25, 0.3) is 5.91 Å². The van der Waals surface area contributed by atoms with Gasteiger partial charge in [-0.05, 0) is 25.5 Å². The number of fused-ring (bicyclic) bond motifs is 1. The largest absolute Gasteiger partial charge is 0.394 e. The van der Waals surface area contributed by atoms with E-state index in [2.05, 4.69) is 46.5 Å². The quantitative estimate of drug-likeness (QED) is 0.302. The van der Waals surface area contributed by atoms with Crippen LogP contribution in [0.5, 0.6) is 0 Å². The predicted molar refractivity (Wildman–Crippen MR) is 121 cm³/mol. The Morgan fingerprint density at radius 2 is 2.16 bits per heavy atom. The Kier molecular flexibility index (Phi) is 7.12. The van der Waals surface area contributed by atoms with Crippen LogP contribution in [0, 0.1) is 0 Å². The van der Waals surface area contributed by atoms with Crippen molar-refractivity contribution in [1.29, 1.82) is 0 Å². The maximum atomic E-state index is 13.1. The van der Waals surface area contributed by atoms with Crippen LogP contribution in [-0.2, 0) is 9.53 Å². The van der Waals surface area contributed by atoms with Crippen LogP contribution in [-0.4, -0.2) is 71.5 Å². The number of hydrogen-bond donors (Lipinski definition) is 6. The fourth-order valence-electron chi connectivity index (χ4n) is 4.33. The van der Waals surface area contributed by atoms with Crippen molar-refractivity contribution in [3.8, 4) is 0 Å². The summed E-state index contributed by atoms with van der Waals surface area (Å²) in [6, 6.07) is -0.0847. The number of rotatable bonds is 7. The summed E-state index contributed by atoms with van der Waals surface area (Å²) in [4.78, 5) is 13.1. The number of hydrazine groups is 1. The van der Waals surface area contributed by atoms with Crippen molar-refractivity contribution >= 4 is 5.91 Å². The van der Waals surface area contributed by atoms with Crippen LogP contribution in [0.4, 0.5) is 0 Å². The highest BCUT2D eigenvalue weighted by Crippen LogP contribution is 2.27. The van der Waals surface area contributed by atoms with Crippen molar-refractivity contribution in [2.75, 3.05) is 19.8 Å². The molecule has 1 amide bonds. The lowest BCUT2D eigenvalue weighted by atomic mass is 9.95. The average molecular weight is 444 g/mol. The molecule has 4 unspecified atom stereocenters. The fourth-order valence-corrected chi connectivity index (χ4v) is 4.33. The normalized spacial score (nSPS) is 30.4. The molecule has 9 nitrogen and oxygen atoms in total. The van der Waals surface area contributed by atoms with Gasteiger partial charge in [0.1, 0.15) is 18.0 Å². The van der Waals surface area contributed by atoms with E-state index in [9.17, 15) is 9.90 Å². The van der Waals surface area contributed by atoms with Gasteiger partial charge in [-0.1, -0.05) is 36.0 Å². The molecule has 3 aliphatic heterocycles. The molecule has 4 aliphatic rings. The summed E-state index contributed by atoms with van der Waals surface area (Å²) in [5.74, 6) is -0.122. The van der Waals surface area contributed by atoms with Crippen molar-refractivity contribution in [2.24, 2.45) is 0 Å². The number of allylic oxidation sites excluding steroid dienone is 3. The third-order valence-corrected chi connectivity index (χ3v) is 6.05. The van der Waals surface area contributed by atoms with Crippen molar-refractivity contribution in [3.05, 3.63) is 59.0 Å². The molecule has 1 aliphatic carbocycles. The molecule has 9 heteroatoms. The van der Waals surface area contributed by atoms with Gasteiger partial charge in [-0.25, -0.2) is 5.43 Å². The van der Waals surface area contributed by atoms with Crippen molar-refractivity contribution in [2.45, 2.75) is 57.3 Å². The molecule has 0 aromatic rings. The molecule has 0 saturated carbocycles. The van der Waals surface area contributed by atoms with Gasteiger partial charge in [-0.2, -0.15) is 0 Å². The van der Waals surface area contributed by atoms with Crippen LogP contribution in [0.15, 0.2) is 59.0 Å². The molecule has 0 radical (unpaired) electrons. The molecule has 0 aromatic heterocycles.